The van der Waals surface area contributed by atoms with Gasteiger partial charge in [-0.2, -0.15) is 5.26 Å². The summed E-state index contributed by atoms with van der Waals surface area (Å²) >= 11 is 0. The number of hydrogen-bond acceptors (Lipinski definition) is 2. The largest absolute Gasteiger partial charge is 0.307 e. The summed E-state index contributed by atoms with van der Waals surface area (Å²) in [5.74, 6) is 0. The summed E-state index contributed by atoms with van der Waals surface area (Å²) in [6.07, 6.45) is 4.27. The fraction of sp³-hybridized carbons (Fsp3) is 0.200. The molecule has 0 amide bonds. The van der Waals surface area contributed by atoms with Gasteiger partial charge in [0.15, 0.2) is 0 Å². The molecule has 0 bridgehead atoms. The van der Waals surface area contributed by atoms with Crippen molar-refractivity contribution in [1.82, 2.24) is 9.38 Å². The number of fused-ring (bicyclic) bond motifs is 1. The molecule has 0 atom stereocenters. The molecule has 0 N–H and O–H groups in total. The number of aryl methyl sites for hydroxylation is 1. The van der Waals surface area contributed by atoms with Crippen molar-refractivity contribution >= 4 is 5.65 Å². The van der Waals surface area contributed by atoms with Gasteiger partial charge >= 0.3 is 0 Å². The maximum atomic E-state index is 8.50. The second-order valence-corrected chi connectivity index (χ2v) is 3.04. The molecule has 0 aliphatic carbocycles. The highest BCUT2D eigenvalue weighted by Crippen LogP contribution is 2.07. The van der Waals surface area contributed by atoms with E-state index in [2.05, 4.69) is 11.1 Å². The molecule has 2 rings (SSSR count). The quantitative estimate of drug-likeness (QED) is 0.655. The van der Waals surface area contributed by atoms with Gasteiger partial charge < -0.3 is 4.40 Å². The Labute approximate surface area is 76.3 Å². The standard InChI is InChI=1S/C10H9N3/c1-8-2-3-10-12-9(4-5-11)7-13(10)6-8/h2-3,6-7H,4H2,1H3. The molecule has 0 aromatic carbocycles. The Hall–Kier alpha value is -1.82. The van der Waals surface area contributed by atoms with E-state index < -0.39 is 0 Å². The smallest absolute Gasteiger partial charge is 0.137 e. The number of nitriles is 1. The third kappa shape index (κ3) is 1.38. The molecule has 0 saturated carbocycles. The summed E-state index contributed by atoms with van der Waals surface area (Å²) in [7, 11) is 0. The lowest BCUT2D eigenvalue weighted by atomic mass is 10.3. The predicted molar refractivity (Wildman–Crippen MR) is 49.2 cm³/mol. The van der Waals surface area contributed by atoms with Crippen LogP contribution < -0.4 is 0 Å². The molecule has 2 aromatic rings. The van der Waals surface area contributed by atoms with Gasteiger partial charge in [-0.15, -0.1) is 0 Å². The average molecular weight is 171 g/mol. The van der Waals surface area contributed by atoms with E-state index in [-0.39, 0.29) is 0 Å². The highest BCUT2D eigenvalue weighted by molar-refractivity contribution is 5.41. The van der Waals surface area contributed by atoms with E-state index in [1.54, 1.807) is 0 Å². The minimum Gasteiger partial charge on any atom is -0.307 e. The SMILES string of the molecule is Cc1ccc2nc(CC#N)cn2c1. The third-order valence-electron chi connectivity index (χ3n) is 1.91. The molecular weight excluding hydrogens is 162 g/mol. The van der Waals surface area contributed by atoms with E-state index in [1.165, 1.54) is 5.56 Å². The molecule has 0 saturated heterocycles. The fourth-order valence-electron chi connectivity index (χ4n) is 1.32. The van der Waals surface area contributed by atoms with Crippen molar-refractivity contribution in [3.63, 3.8) is 0 Å². The molecule has 64 valence electrons. The van der Waals surface area contributed by atoms with Crippen LogP contribution in [0.5, 0.6) is 0 Å². The number of imidazole rings is 1. The first-order valence-electron chi connectivity index (χ1n) is 4.11. The number of pyridine rings is 1. The van der Waals surface area contributed by atoms with Gasteiger partial charge in [0.1, 0.15) is 5.65 Å². The zero-order valence-electron chi connectivity index (χ0n) is 7.36. The number of hydrogen-bond donors (Lipinski definition) is 0. The first-order valence-corrected chi connectivity index (χ1v) is 4.11. The molecule has 0 aliphatic rings. The Morgan fingerprint density at radius 3 is 3.08 bits per heavy atom. The van der Waals surface area contributed by atoms with Gasteiger partial charge in [0.2, 0.25) is 0 Å². The zero-order chi connectivity index (χ0) is 9.26. The molecule has 3 nitrogen and oxygen atoms in total. The highest BCUT2D eigenvalue weighted by atomic mass is 15.0. The Bertz CT molecular complexity index is 476. The first-order chi connectivity index (χ1) is 6.29. The molecule has 0 spiro atoms. The van der Waals surface area contributed by atoms with Crippen molar-refractivity contribution in [2.45, 2.75) is 13.3 Å². The van der Waals surface area contributed by atoms with E-state index in [4.69, 9.17) is 5.26 Å². The van der Waals surface area contributed by atoms with E-state index in [9.17, 15) is 0 Å². The van der Waals surface area contributed by atoms with Crippen molar-refractivity contribution in [3.05, 3.63) is 35.8 Å². The Balaban J connectivity index is 2.57. The van der Waals surface area contributed by atoms with Gasteiger partial charge in [-0.3, -0.25) is 0 Å². The second-order valence-electron chi connectivity index (χ2n) is 3.04. The fourth-order valence-corrected chi connectivity index (χ4v) is 1.32. The maximum Gasteiger partial charge on any atom is 0.137 e. The van der Waals surface area contributed by atoms with Gasteiger partial charge in [-0.1, -0.05) is 6.07 Å². The van der Waals surface area contributed by atoms with Crippen LogP contribution in [0, 0.1) is 18.3 Å². The van der Waals surface area contributed by atoms with Gasteiger partial charge in [-0.25, -0.2) is 4.98 Å². The van der Waals surface area contributed by atoms with Gasteiger partial charge in [0, 0.05) is 12.4 Å². The number of aromatic nitrogens is 2. The molecule has 13 heavy (non-hydrogen) atoms. The molecule has 3 heteroatoms. The predicted octanol–water partition coefficient (Wildman–Crippen LogP) is 1.71. The lowest BCUT2D eigenvalue weighted by Gasteiger charge is -1.92. The normalized spacial score (nSPS) is 10.2. The van der Waals surface area contributed by atoms with E-state index >= 15 is 0 Å². The molecule has 2 aromatic heterocycles. The van der Waals surface area contributed by atoms with Crippen molar-refractivity contribution < 1.29 is 0 Å². The van der Waals surface area contributed by atoms with Crippen molar-refractivity contribution in [2.24, 2.45) is 0 Å². The van der Waals surface area contributed by atoms with Crippen molar-refractivity contribution in [1.29, 1.82) is 5.26 Å². The molecular formula is C10H9N3. The Morgan fingerprint density at radius 2 is 2.31 bits per heavy atom. The minimum absolute atomic E-state index is 0.376. The van der Waals surface area contributed by atoms with Crippen LogP contribution in [-0.2, 0) is 6.42 Å². The number of rotatable bonds is 1. The van der Waals surface area contributed by atoms with Crippen molar-refractivity contribution in [3.8, 4) is 6.07 Å². The van der Waals surface area contributed by atoms with Gasteiger partial charge in [0.25, 0.3) is 0 Å². The molecule has 2 heterocycles. The minimum atomic E-state index is 0.376. The van der Waals surface area contributed by atoms with Crippen LogP contribution in [0.2, 0.25) is 0 Å². The summed E-state index contributed by atoms with van der Waals surface area (Å²) in [5, 5.41) is 8.50. The maximum absolute atomic E-state index is 8.50. The molecule has 0 unspecified atom stereocenters. The van der Waals surface area contributed by atoms with Crippen LogP contribution in [0.1, 0.15) is 11.3 Å². The third-order valence-corrected chi connectivity index (χ3v) is 1.91. The van der Waals surface area contributed by atoms with Crippen LogP contribution in [0.25, 0.3) is 5.65 Å². The molecule has 0 aliphatic heterocycles. The molecule has 0 fully saturated rings. The summed E-state index contributed by atoms with van der Waals surface area (Å²) in [6.45, 7) is 2.03. The lowest BCUT2D eigenvalue weighted by Crippen LogP contribution is -1.82. The van der Waals surface area contributed by atoms with Crippen LogP contribution in [0.15, 0.2) is 24.5 Å². The average Bonchev–Trinajstić information content (AvgIpc) is 2.46. The topological polar surface area (TPSA) is 41.1 Å². The van der Waals surface area contributed by atoms with Crippen LogP contribution in [0.3, 0.4) is 0 Å². The van der Waals surface area contributed by atoms with E-state index in [1.807, 2.05) is 35.9 Å². The zero-order valence-corrected chi connectivity index (χ0v) is 7.36. The number of nitrogens with zero attached hydrogens (tertiary/aromatic N) is 3. The summed E-state index contributed by atoms with van der Waals surface area (Å²) in [5.41, 5.74) is 2.91. The van der Waals surface area contributed by atoms with Crippen LogP contribution in [0.4, 0.5) is 0 Å². The summed E-state index contributed by atoms with van der Waals surface area (Å²) < 4.78 is 1.95. The highest BCUT2D eigenvalue weighted by Gasteiger charge is 1.99. The van der Waals surface area contributed by atoms with E-state index in [0.717, 1.165) is 11.3 Å². The van der Waals surface area contributed by atoms with Gasteiger partial charge in [-0.05, 0) is 18.6 Å². The Kier molecular flexibility index (Phi) is 1.75. The van der Waals surface area contributed by atoms with E-state index in [0.29, 0.717) is 6.42 Å². The Morgan fingerprint density at radius 1 is 1.46 bits per heavy atom. The summed E-state index contributed by atoms with van der Waals surface area (Å²) in [6, 6.07) is 6.05. The summed E-state index contributed by atoms with van der Waals surface area (Å²) in [4.78, 5) is 4.28. The van der Waals surface area contributed by atoms with Crippen molar-refractivity contribution in [2.75, 3.05) is 0 Å². The monoisotopic (exact) mass is 171 g/mol. The first kappa shape index (κ1) is 7.81. The van der Waals surface area contributed by atoms with Crippen LogP contribution >= 0.6 is 0 Å². The van der Waals surface area contributed by atoms with Gasteiger partial charge in [0.05, 0.1) is 18.2 Å². The lowest BCUT2D eigenvalue weighted by molar-refractivity contribution is 1.14. The molecule has 0 radical (unpaired) electrons. The van der Waals surface area contributed by atoms with Crippen LogP contribution in [-0.4, -0.2) is 9.38 Å². The second kappa shape index (κ2) is 2.91.